The molecular formula is C59H92NO8P. The van der Waals surface area contributed by atoms with Crippen LogP contribution in [0.1, 0.15) is 168 Å². The molecular weight excluding hydrogens is 882 g/mol. The van der Waals surface area contributed by atoms with Gasteiger partial charge < -0.3 is 20.1 Å². The number of esters is 2. The predicted octanol–water partition coefficient (Wildman–Crippen LogP) is 16.2. The Balaban J connectivity index is 4.23. The summed E-state index contributed by atoms with van der Waals surface area (Å²) in [5.41, 5.74) is 5.36. The van der Waals surface area contributed by atoms with Gasteiger partial charge in [0.25, 0.3) is 0 Å². The third-order valence-corrected chi connectivity index (χ3v) is 10.9. The van der Waals surface area contributed by atoms with Gasteiger partial charge in [0.2, 0.25) is 0 Å². The first-order chi connectivity index (χ1) is 33.8. The molecule has 10 heteroatoms. The molecule has 0 heterocycles. The molecule has 0 amide bonds. The van der Waals surface area contributed by atoms with E-state index in [1.807, 2.05) is 0 Å². The first-order valence-electron chi connectivity index (χ1n) is 26.0. The van der Waals surface area contributed by atoms with E-state index in [9.17, 15) is 19.0 Å². The molecule has 0 radical (unpaired) electrons. The molecule has 0 aromatic carbocycles. The van der Waals surface area contributed by atoms with Gasteiger partial charge in [-0.2, -0.15) is 0 Å². The highest BCUT2D eigenvalue weighted by Crippen LogP contribution is 2.43. The Labute approximate surface area is 419 Å². The van der Waals surface area contributed by atoms with Gasteiger partial charge in [-0.3, -0.25) is 18.6 Å². The molecule has 9 nitrogen and oxygen atoms in total. The van der Waals surface area contributed by atoms with Crippen molar-refractivity contribution in [1.29, 1.82) is 0 Å². The average molecular weight is 974 g/mol. The Morgan fingerprint density at radius 1 is 0.435 bits per heavy atom. The van der Waals surface area contributed by atoms with E-state index in [1.165, 1.54) is 0 Å². The second kappa shape index (κ2) is 53.0. The summed E-state index contributed by atoms with van der Waals surface area (Å²) in [7, 11) is -4.41. The van der Waals surface area contributed by atoms with Crippen molar-refractivity contribution in [3.8, 4) is 0 Å². The molecule has 0 aromatic heterocycles. The second-order valence-electron chi connectivity index (χ2n) is 16.3. The van der Waals surface area contributed by atoms with Crippen LogP contribution in [0, 0.1) is 0 Å². The maximum absolute atomic E-state index is 12.7. The Hall–Kier alpha value is -4.37. The first-order valence-corrected chi connectivity index (χ1v) is 27.5. The summed E-state index contributed by atoms with van der Waals surface area (Å²) in [4.78, 5) is 35.1. The van der Waals surface area contributed by atoms with Gasteiger partial charge in [-0.1, -0.05) is 191 Å². The summed E-state index contributed by atoms with van der Waals surface area (Å²) in [6.07, 6.45) is 77.1. The smallest absolute Gasteiger partial charge is 0.462 e. The molecule has 0 spiro atoms. The average Bonchev–Trinajstić information content (AvgIpc) is 3.34. The number of carbonyl (C=O) groups excluding carboxylic acids is 2. The van der Waals surface area contributed by atoms with Crippen LogP contribution >= 0.6 is 7.82 Å². The molecule has 0 fully saturated rings. The molecule has 0 aliphatic heterocycles. The molecule has 0 aromatic rings. The number of phosphoric ester groups is 1. The highest BCUT2D eigenvalue weighted by Gasteiger charge is 2.26. The van der Waals surface area contributed by atoms with Crippen LogP contribution in [0.5, 0.6) is 0 Å². The van der Waals surface area contributed by atoms with E-state index in [0.29, 0.717) is 12.8 Å². The fraction of sp³-hybridized carbons (Fsp3) is 0.525. The molecule has 0 aliphatic rings. The summed E-state index contributed by atoms with van der Waals surface area (Å²) in [5, 5.41) is 0. The van der Waals surface area contributed by atoms with E-state index in [0.717, 1.165) is 128 Å². The lowest BCUT2D eigenvalue weighted by molar-refractivity contribution is -0.161. The number of hydrogen-bond donors (Lipinski definition) is 2. The molecule has 386 valence electrons. The van der Waals surface area contributed by atoms with Crippen molar-refractivity contribution < 1.29 is 37.6 Å². The lowest BCUT2D eigenvalue weighted by atomic mass is 10.1. The van der Waals surface area contributed by atoms with E-state index in [1.54, 1.807) is 0 Å². The molecule has 0 rings (SSSR count). The Bertz CT molecular complexity index is 1680. The fourth-order valence-corrected chi connectivity index (χ4v) is 6.91. The van der Waals surface area contributed by atoms with Crippen LogP contribution in [0.3, 0.4) is 0 Å². The van der Waals surface area contributed by atoms with Crippen LogP contribution in [0.2, 0.25) is 0 Å². The summed E-state index contributed by atoms with van der Waals surface area (Å²) in [6, 6.07) is 0. The van der Waals surface area contributed by atoms with Crippen molar-refractivity contribution in [3.05, 3.63) is 158 Å². The predicted molar refractivity (Wildman–Crippen MR) is 293 cm³/mol. The van der Waals surface area contributed by atoms with Gasteiger partial charge in [0, 0.05) is 19.4 Å². The summed E-state index contributed by atoms with van der Waals surface area (Å²) < 4.78 is 32.9. The van der Waals surface area contributed by atoms with Gasteiger partial charge in [0.05, 0.1) is 13.2 Å². The lowest BCUT2D eigenvalue weighted by Gasteiger charge is -2.19. The second-order valence-corrected chi connectivity index (χ2v) is 17.7. The van der Waals surface area contributed by atoms with Gasteiger partial charge in [-0.25, -0.2) is 4.57 Å². The van der Waals surface area contributed by atoms with Gasteiger partial charge in [0.15, 0.2) is 6.10 Å². The van der Waals surface area contributed by atoms with Crippen LogP contribution in [-0.2, 0) is 32.7 Å². The molecule has 0 saturated heterocycles. The van der Waals surface area contributed by atoms with Crippen molar-refractivity contribution in [2.75, 3.05) is 26.4 Å². The largest absolute Gasteiger partial charge is 0.472 e. The summed E-state index contributed by atoms with van der Waals surface area (Å²) in [5.74, 6) is -0.919. The van der Waals surface area contributed by atoms with Crippen LogP contribution in [0.25, 0.3) is 0 Å². The molecule has 0 bridgehead atoms. The number of ether oxygens (including phenoxy) is 2. The monoisotopic (exact) mass is 974 g/mol. The molecule has 3 N–H and O–H groups in total. The highest BCUT2D eigenvalue weighted by molar-refractivity contribution is 7.47. The van der Waals surface area contributed by atoms with Crippen molar-refractivity contribution in [3.63, 3.8) is 0 Å². The van der Waals surface area contributed by atoms with E-state index < -0.39 is 32.5 Å². The van der Waals surface area contributed by atoms with Crippen molar-refractivity contribution in [2.45, 2.75) is 174 Å². The summed E-state index contributed by atoms with van der Waals surface area (Å²) >= 11 is 0. The van der Waals surface area contributed by atoms with Gasteiger partial charge in [-0.15, -0.1) is 0 Å². The van der Waals surface area contributed by atoms with Crippen molar-refractivity contribution in [2.24, 2.45) is 5.73 Å². The van der Waals surface area contributed by atoms with Crippen molar-refractivity contribution in [1.82, 2.24) is 0 Å². The minimum atomic E-state index is -4.41. The standard InChI is InChI=1S/C59H92NO8P/c1-3-5-7-9-11-13-15-17-19-21-23-25-26-27-28-29-30-32-34-36-38-40-42-44-46-48-50-52-59(62)68-57(56-67-69(63,64)66-54-53-60)55-65-58(61)51-49-47-45-43-41-39-37-35-33-31-24-22-20-18-16-14-12-10-8-6-4-2/h5-8,11-14,17-20,23-25,27-28,30-32,35-38,41,43,57H,3-4,9-10,15-16,21-22,26,29,33-34,39-40,42,44-56,60H2,1-2H3,(H,63,64)/b7-5-,8-6-,13-11-,14-12-,19-17-,20-18-,25-23-,28-27-,31-24-,32-30-,37-35-,38-36-,43-41-. The maximum atomic E-state index is 12.7. The Morgan fingerprint density at radius 2 is 0.754 bits per heavy atom. The lowest BCUT2D eigenvalue weighted by Crippen LogP contribution is -2.29. The minimum Gasteiger partial charge on any atom is -0.462 e. The van der Waals surface area contributed by atoms with E-state index in [4.69, 9.17) is 24.3 Å². The Kier molecular flexibility index (Phi) is 49.6. The van der Waals surface area contributed by atoms with Gasteiger partial charge >= 0.3 is 19.8 Å². The van der Waals surface area contributed by atoms with Crippen LogP contribution < -0.4 is 5.73 Å². The maximum Gasteiger partial charge on any atom is 0.472 e. The van der Waals surface area contributed by atoms with E-state index in [2.05, 4.69) is 172 Å². The number of rotatable bonds is 46. The van der Waals surface area contributed by atoms with Gasteiger partial charge in [0.1, 0.15) is 6.61 Å². The molecule has 2 atom stereocenters. The zero-order valence-corrected chi connectivity index (χ0v) is 43.6. The number of carbonyl (C=O) groups is 2. The molecule has 2 unspecified atom stereocenters. The number of allylic oxidation sites excluding steroid dienone is 26. The zero-order valence-electron chi connectivity index (χ0n) is 42.7. The SMILES string of the molecule is CC/C=C\C/C=C\C/C=C\C/C=C\C/C=C\C/C=C\C/C=C\CCCCCCCC(=O)OC(COC(=O)CCCC/C=C\C/C=C\C/C=C\C/C=C\C/C=C\C/C=C\CC)COP(=O)(O)OCCN. The van der Waals surface area contributed by atoms with E-state index >= 15 is 0 Å². The van der Waals surface area contributed by atoms with Crippen LogP contribution in [0.4, 0.5) is 0 Å². The Morgan fingerprint density at radius 3 is 1.14 bits per heavy atom. The van der Waals surface area contributed by atoms with Crippen LogP contribution in [0.15, 0.2) is 158 Å². The van der Waals surface area contributed by atoms with Crippen LogP contribution in [-0.4, -0.2) is 49.3 Å². The normalized spacial score (nSPS) is 14.4. The van der Waals surface area contributed by atoms with E-state index in [-0.39, 0.29) is 32.6 Å². The minimum absolute atomic E-state index is 0.0335. The fourth-order valence-electron chi connectivity index (χ4n) is 6.15. The highest BCUT2D eigenvalue weighted by atomic mass is 31.2. The number of unbranched alkanes of at least 4 members (excludes halogenated alkanes) is 7. The zero-order chi connectivity index (χ0) is 50.2. The number of nitrogens with two attached hydrogens (primary N) is 1. The molecule has 0 saturated carbocycles. The number of phosphoric acid groups is 1. The summed E-state index contributed by atoms with van der Waals surface area (Å²) in [6.45, 7) is 3.40. The molecule has 69 heavy (non-hydrogen) atoms. The van der Waals surface area contributed by atoms with Gasteiger partial charge in [-0.05, 0) is 122 Å². The third kappa shape index (κ3) is 52.8. The topological polar surface area (TPSA) is 134 Å². The third-order valence-electron chi connectivity index (χ3n) is 9.91. The van der Waals surface area contributed by atoms with Crippen molar-refractivity contribution >= 4 is 19.8 Å². The quantitative estimate of drug-likeness (QED) is 0.0265. The first kappa shape index (κ1) is 64.6. The number of hydrogen-bond acceptors (Lipinski definition) is 8. The molecule has 0 aliphatic carbocycles.